The maximum atomic E-state index is 12.4. The second-order valence-electron chi connectivity index (χ2n) is 8.27. The van der Waals surface area contributed by atoms with Gasteiger partial charge in [0.05, 0.1) is 24.8 Å². The third kappa shape index (κ3) is 5.95. The minimum absolute atomic E-state index is 0.0580. The number of nitrogens with one attached hydrogen (secondary N) is 1. The Morgan fingerprint density at radius 1 is 0.971 bits per heavy atom. The molecule has 0 fully saturated rings. The van der Waals surface area contributed by atoms with Crippen LogP contribution in [0.25, 0.3) is 11.0 Å². The van der Waals surface area contributed by atoms with Crippen molar-refractivity contribution in [2.45, 2.75) is 32.7 Å². The molecule has 0 bridgehead atoms. The fourth-order valence-corrected chi connectivity index (χ4v) is 3.91. The van der Waals surface area contributed by atoms with Crippen LogP contribution >= 0.6 is 0 Å². The summed E-state index contributed by atoms with van der Waals surface area (Å²) in [7, 11) is 1.65. The van der Waals surface area contributed by atoms with E-state index in [1.165, 1.54) is 0 Å². The summed E-state index contributed by atoms with van der Waals surface area (Å²) in [5.74, 6) is 2.54. The number of benzene rings is 3. The second kappa shape index (κ2) is 11.4. The van der Waals surface area contributed by atoms with Gasteiger partial charge in [0.15, 0.2) is 0 Å². The summed E-state index contributed by atoms with van der Waals surface area (Å²) in [6, 6.07) is 23.5. The van der Waals surface area contributed by atoms with Crippen LogP contribution in [0.15, 0.2) is 72.8 Å². The van der Waals surface area contributed by atoms with E-state index >= 15 is 0 Å². The largest absolute Gasteiger partial charge is 0.497 e. The van der Waals surface area contributed by atoms with Crippen LogP contribution in [-0.4, -0.2) is 35.7 Å². The number of amides is 1. The zero-order valence-corrected chi connectivity index (χ0v) is 19.8. The predicted octanol–water partition coefficient (Wildman–Crippen LogP) is 5.19. The maximum absolute atomic E-state index is 12.4. The van der Waals surface area contributed by atoms with Crippen LogP contribution in [0.3, 0.4) is 0 Å². The lowest BCUT2D eigenvalue weighted by atomic mass is 10.1. The Bertz CT molecular complexity index is 1230. The minimum atomic E-state index is -0.0580. The summed E-state index contributed by atoms with van der Waals surface area (Å²) >= 11 is 0. The smallest absolute Gasteiger partial charge is 0.251 e. The number of hydrogen-bond acceptors (Lipinski definition) is 4. The van der Waals surface area contributed by atoms with Gasteiger partial charge in [-0.15, -0.1) is 0 Å². The van der Waals surface area contributed by atoms with Crippen molar-refractivity contribution in [1.29, 1.82) is 0 Å². The van der Waals surface area contributed by atoms with E-state index in [2.05, 4.69) is 16.0 Å². The molecule has 1 aromatic heterocycles. The minimum Gasteiger partial charge on any atom is -0.497 e. The average Bonchev–Trinajstić information content (AvgIpc) is 3.21. The molecule has 0 saturated heterocycles. The number of fused-ring (bicyclic) bond motifs is 1. The number of rotatable bonds is 11. The number of unbranched alkanes of at least 4 members (excludes halogenated alkanes) is 1. The fraction of sp³-hybridized carbons (Fsp3) is 0.286. The number of hydrogen-bond donors (Lipinski definition) is 1. The first-order valence-corrected chi connectivity index (χ1v) is 11.7. The van der Waals surface area contributed by atoms with Crippen molar-refractivity contribution < 1.29 is 14.3 Å². The number of carbonyl (C=O) groups is 1. The SMILES string of the molecule is COc1cccc(OCCCCn2c(CCNC(=O)c3ccc(C)cc3)nc3ccccc32)c1. The number of aryl methyl sites for hydroxylation is 2. The fourth-order valence-electron chi connectivity index (χ4n) is 3.91. The Balaban J connectivity index is 1.32. The van der Waals surface area contributed by atoms with E-state index in [1.807, 2.05) is 73.7 Å². The molecule has 176 valence electrons. The molecular formula is C28H31N3O3. The summed E-state index contributed by atoms with van der Waals surface area (Å²) < 4.78 is 13.4. The Kier molecular flexibility index (Phi) is 7.81. The van der Waals surface area contributed by atoms with E-state index in [4.69, 9.17) is 14.5 Å². The quantitative estimate of drug-likeness (QED) is 0.315. The molecule has 4 rings (SSSR count). The van der Waals surface area contributed by atoms with Crippen LogP contribution in [0, 0.1) is 6.92 Å². The molecule has 0 unspecified atom stereocenters. The monoisotopic (exact) mass is 457 g/mol. The van der Waals surface area contributed by atoms with E-state index in [9.17, 15) is 4.79 Å². The van der Waals surface area contributed by atoms with Crippen molar-refractivity contribution in [1.82, 2.24) is 14.9 Å². The van der Waals surface area contributed by atoms with Gasteiger partial charge in [-0.2, -0.15) is 0 Å². The number of imidazole rings is 1. The van der Waals surface area contributed by atoms with Gasteiger partial charge in [-0.3, -0.25) is 4.79 Å². The van der Waals surface area contributed by atoms with Crippen molar-refractivity contribution in [2.75, 3.05) is 20.3 Å². The normalized spacial score (nSPS) is 10.9. The topological polar surface area (TPSA) is 65.4 Å². The highest BCUT2D eigenvalue weighted by atomic mass is 16.5. The van der Waals surface area contributed by atoms with Crippen molar-refractivity contribution in [2.24, 2.45) is 0 Å². The summed E-state index contributed by atoms with van der Waals surface area (Å²) in [6.07, 6.45) is 2.56. The lowest BCUT2D eigenvalue weighted by Crippen LogP contribution is -2.26. The van der Waals surface area contributed by atoms with Gasteiger partial charge in [0.25, 0.3) is 5.91 Å². The molecule has 0 atom stereocenters. The Labute approximate surface area is 200 Å². The van der Waals surface area contributed by atoms with Crippen LogP contribution in [0.2, 0.25) is 0 Å². The molecule has 34 heavy (non-hydrogen) atoms. The maximum Gasteiger partial charge on any atom is 0.251 e. The summed E-state index contributed by atoms with van der Waals surface area (Å²) in [5, 5.41) is 3.02. The van der Waals surface area contributed by atoms with Gasteiger partial charge in [-0.05, 0) is 56.2 Å². The Morgan fingerprint density at radius 2 is 1.76 bits per heavy atom. The van der Waals surface area contributed by atoms with E-state index in [1.54, 1.807) is 7.11 Å². The molecule has 0 radical (unpaired) electrons. The molecule has 1 heterocycles. The van der Waals surface area contributed by atoms with Crippen LogP contribution in [-0.2, 0) is 13.0 Å². The van der Waals surface area contributed by atoms with Crippen LogP contribution < -0.4 is 14.8 Å². The van der Waals surface area contributed by atoms with Gasteiger partial charge in [0.2, 0.25) is 0 Å². The van der Waals surface area contributed by atoms with Gasteiger partial charge in [0.1, 0.15) is 17.3 Å². The summed E-state index contributed by atoms with van der Waals surface area (Å²) in [4.78, 5) is 17.3. The molecule has 1 N–H and O–H groups in total. The van der Waals surface area contributed by atoms with Crippen molar-refractivity contribution in [3.05, 3.63) is 89.7 Å². The molecule has 0 aliphatic carbocycles. The molecule has 6 nitrogen and oxygen atoms in total. The first-order chi connectivity index (χ1) is 16.6. The number of para-hydroxylation sites is 2. The highest BCUT2D eigenvalue weighted by molar-refractivity contribution is 5.94. The first kappa shape index (κ1) is 23.4. The molecule has 1 amide bonds. The molecule has 3 aromatic carbocycles. The molecule has 0 aliphatic heterocycles. The number of nitrogens with zero attached hydrogens (tertiary/aromatic N) is 2. The van der Waals surface area contributed by atoms with Crippen molar-refractivity contribution >= 4 is 16.9 Å². The lowest BCUT2D eigenvalue weighted by molar-refractivity contribution is 0.0954. The van der Waals surface area contributed by atoms with Crippen molar-refractivity contribution in [3.63, 3.8) is 0 Å². The molecule has 0 spiro atoms. The lowest BCUT2D eigenvalue weighted by Gasteiger charge is -2.11. The van der Waals surface area contributed by atoms with E-state index in [-0.39, 0.29) is 5.91 Å². The highest BCUT2D eigenvalue weighted by Gasteiger charge is 2.11. The van der Waals surface area contributed by atoms with E-state index in [0.29, 0.717) is 25.1 Å². The third-order valence-electron chi connectivity index (χ3n) is 5.77. The molecule has 4 aromatic rings. The van der Waals surface area contributed by atoms with Crippen LogP contribution in [0.4, 0.5) is 0 Å². The first-order valence-electron chi connectivity index (χ1n) is 11.7. The summed E-state index contributed by atoms with van der Waals surface area (Å²) in [6.45, 7) is 4.04. The highest BCUT2D eigenvalue weighted by Crippen LogP contribution is 2.20. The Hall–Kier alpha value is -3.80. The summed E-state index contributed by atoms with van der Waals surface area (Å²) in [5.41, 5.74) is 3.92. The zero-order chi connectivity index (χ0) is 23.8. The van der Waals surface area contributed by atoms with Gasteiger partial charge >= 0.3 is 0 Å². The molecule has 6 heteroatoms. The predicted molar refractivity (Wildman–Crippen MR) is 135 cm³/mol. The third-order valence-corrected chi connectivity index (χ3v) is 5.77. The second-order valence-corrected chi connectivity index (χ2v) is 8.27. The molecular weight excluding hydrogens is 426 g/mol. The van der Waals surface area contributed by atoms with Gasteiger partial charge in [0, 0.05) is 31.1 Å². The Morgan fingerprint density at radius 3 is 2.59 bits per heavy atom. The number of aromatic nitrogens is 2. The van der Waals surface area contributed by atoms with Gasteiger partial charge in [-0.1, -0.05) is 35.9 Å². The zero-order valence-electron chi connectivity index (χ0n) is 19.8. The van der Waals surface area contributed by atoms with Crippen LogP contribution in [0.1, 0.15) is 34.6 Å². The van der Waals surface area contributed by atoms with E-state index in [0.717, 1.165) is 53.3 Å². The van der Waals surface area contributed by atoms with E-state index < -0.39 is 0 Å². The van der Waals surface area contributed by atoms with Gasteiger partial charge < -0.3 is 19.4 Å². The number of methoxy groups -OCH3 is 1. The van der Waals surface area contributed by atoms with Crippen molar-refractivity contribution in [3.8, 4) is 11.5 Å². The molecule has 0 saturated carbocycles. The molecule has 0 aliphatic rings. The average molecular weight is 458 g/mol. The standard InChI is InChI=1S/C28H31N3O3/c1-21-12-14-22(15-13-21)28(32)29-17-16-27-30-25-10-3-4-11-26(25)31(27)18-5-6-19-34-24-9-7-8-23(20-24)33-2/h3-4,7-15,20H,5-6,16-19H2,1-2H3,(H,29,32). The number of ether oxygens (including phenoxy) is 2. The number of carbonyl (C=O) groups excluding carboxylic acids is 1. The van der Waals surface area contributed by atoms with Gasteiger partial charge in [-0.25, -0.2) is 4.98 Å². The van der Waals surface area contributed by atoms with Crippen LogP contribution in [0.5, 0.6) is 11.5 Å².